The molecule has 4 rings (SSSR count). The van der Waals surface area contributed by atoms with Crippen LogP contribution in [0, 0.1) is 6.92 Å². The molecule has 6 nitrogen and oxygen atoms in total. The van der Waals surface area contributed by atoms with Crippen molar-refractivity contribution in [2.24, 2.45) is 0 Å². The van der Waals surface area contributed by atoms with Crippen molar-refractivity contribution in [1.82, 2.24) is 24.9 Å². The van der Waals surface area contributed by atoms with Gasteiger partial charge < -0.3 is 10.6 Å². The van der Waals surface area contributed by atoms with E-state index in [-0.39, 0.29) is 10.9 Å². The van der Waals surface area contributed by atoms with Crippen LogP contribution in [0.2, 0.25) is 5.02 Å². The van der Waals surface area contributed by atoms with Gasteiger partial charge in [0.2, 0.25) is 0 Å². The molecule has 2 aromatic heterocycles. The zero-order valence-corrected chi connectivity index (χ0v) is 19.6. The highest BCUT2D eigenvalue weighted by Crippen LogP contribution is 2.46. The number of hydrogen-bond acceptors (Lipinski definition) is 3. The van der Waals surface area contributed by atoms with Crippen molar-refractivity contribution < 1.29 is 13.2 Å². The van der Waals surface area contributed by atoms with Crippen LogP contribution >= 0.6 is 23.8 Å². The largest absolute Gasteiger partial charge is 0.436 e. The van der Waals surface area contributed by atoms with E-state index in [1.807, 2.05) is 29.1 Å². The maximum absolute atomic E-state index is 13.2. The van der Waals surface area contributed by atoms with Crippen molar-refractivity contribution in [1.29, 1.82) is 0 Å². The van der Waals surface area contributed by atoms with Gasteiger partial charge in [0.15, 0.2) is 16.6 Å². The first kappa shape index (κ1) is 23.6. The zero-order valence-electron chi connectivity index (χ0n) is 18.0. The van der Waals surface area contributed by atoms with Gasteiger partial charge in [-0.2, -0.15) is 23.4 Å². The number of rotatable bonds is 8. The maximum Gasteiger partial charge on any atom is 0.436 e. The molecule has 1 aliphatic carbocycles. The molecule has 0 amide bonds. The van der Waals surface area contributed by atoms with Gasteiger partial charge in [-0.3, -0.25) is 9.36 Å². The van der Waals surface area contributed by atoms with E-state index in [1.54, 1.807) is 0 Å². The van der Waals surface area contributed by atoms with Crippen LogP contribution in [0.5, 0.6) is 0 Å². The second kappa shape index (κ2) is 9.72. The lowest BCUT2D eigenvalue weighted by molar-refractivity contribution is -0.141. The maximum atomic E-state index is 13.2. The molecule has 2 heterocycles. The van der Waals surface area contributed by atoms with Crippen molar-refractivity contribution in [3.05, 3.63) is 64.1 Å². The Morgan fingerprint density at radius 1 is 1.21 bits per heavy atom. The molecular formula is C22H24ClF3N6S. The SMILES string of the molecule is Cc1ccccc1Cn1ccc(NC(=S)NCCCn2nc(C(F)(F)F)c(Cl)c2C2CC2)n1. The summed E-state index contributed by atoms with van der Waals surface area (Å²) in [6.45, 7) is 3.51. The van der Waals surface area contributed by atoms with Crippen LogP contribution in [-0.2, 0) is 19.3 Å². The first-order chi connectivity index (χ1) is 15.7. The predicted molar refractivity (Wildman–Crippen MR) is 126 cm³/mol. The summed E-state index contributed by atoms with van der Waals surface area (Å²) in [5.41, 5.74) is 1.87. The molecule has 0 unspecified atom stereocenters. The molecule has 1 saturated carbocycles. The quantitative estimate of drug-likeness (QED) is 0.324. The molecule has 0 saturated heterocycles. The molecule has 0 aliphatic heterocycles. The van der Waals surface area contributed by atoms with Crippen LogP contribution in [0.3, 0.4) is 0 Å². The minimum absolute atomic E-state index is 0.0617. The van der Waals surface area contributed by atoms with Crippen LogP contribution in [0.4, 0.5) is 19.0 Å². The van der Waals surface area contributed by atoms with Crippen LogP contribution in [-0.4, -0.2) is 31.2 Å². The van der Waals surface area contributed by atoms with Gasteiger partial charge in [-0.15, -0.1) is 0 Å². The minimum atomic E-state index is -4.56. The number of benzene rings is 1. The third-order valence-electron chi connectivity index (χ3n) is 5.47. The summed E-state index contributed by atoms with van der Waals surface area (Å²) in [7, 11) is 0. The van der Waals surface area contributed by atoms with Crippen molar-refractivity contribution >= 4 is 34.7 Å². The molecule has 11 heteroatoms. The predicted octanol–water partition coefficient (Wildman–Crippen LogP) is 5.36. The highest BCUT2D eigenvalue weighted by Gasteiger charge is 2.41. The van der Waals surface area contributed by atoms with Crippen LogP contribution < -0.4 is 10.6 Å². The number of anilines is 1. The third kappa shape index (κ3) is 5.86. The summed E-state index contributed by atoms with van der Waals surface area (Å²) < 4.78 is 42.7. The van der Waals surface area contributed by atoms with E-state index in [0.717, 1.165) is 12.8 Å². The summed E-state index contributed by atoms with van der Waals surface area (Å²) in [5, 5.41) is 14.4. The Morgan fingerprint density at radius 2 is 1.97 bits per heavy atom. The molecule has 0 radical (unpaired) electrons. The molecule has 2 N–H and O–H groups in total. The molecule has 1 aromatic carbocycles. The second-order valence-electron chi connectivity index (χ2n) is 8.10. The summed E-state index contributed by atoms with van der Waals surface area (Å²) >= 11 is 11.3. The fourth-order valence-corrected chi connectivity index (χ4v) is 4.22. The summed E-state index contributed by atoms with van der Waals surface area (Å²) in [4.78, 5) is 0. The van der Waals surface area contributed by atoms with Crippen LogP contribution in [0.15, 0.2) is 36.5 Å². The van der Waals surface area contributed by atoms with E-state index in [1.165, 1.54) is 15.8 Å². The summed E-state index contributed by atoms with van der Waals surface area (Å²) in [6, 6.07) is 9.96. The number of hydrogen-bond donors (Lipinski definition) is 2. The fraction of sp³-hybridized carbons (Fsp3) is 0.409. The molecule has 3 aromatic rings. The number of alkyl halides is 3. The minimum Gasteiger partial charge on any atom is -0.362 e. The Morgan fingerprint density at radius 3 is 2.67 bits per heavy atom. The van der Waals surface area contributed by atoms with Crippen molar-refractivity contribution in [2.75, 3.05) is 11.9 Å². The van der Waals surface area contributed by atoms with Gasteiger partial charge in [-0.25, -0.2) is 0 Å². The Kier molecular flexibility index (Phi) is 6.94. The lowest BCUT2D eigenvalue weighted by Crippen LogP contribution is -2.30. The Labute approximate surface area is 200 Å². The summed E-state index contributed by atoms with van der Waals surface area (Å²) in [5.74, 6) is 0.678. The molecule has 0 spiro atoms. The molecule has 176 valence electrons. The fourth-order valence-electron chi connectivity index (χ4n) is 3.62. The number of aromatic nitrogens is 4. The van der Waals surface area contributed by atoms with E-state index < -0.39 is 11.9 Å². The van der Waals surface area contributed by atoms with Crippen LogP contribution in [0.25, 0.3) is 0 Å². The Hall–Kier alpha value is -2.59. The van der Waals surface area contributed by atoms with E-state index in [9.17, 15) is 13.2 Å². The highest BCUT2D eigenvalue weighted by atomic mass is 35.5. The number of halogens is 4. The number of nitrogens with one attached hydrogen (secondary N) is 2. The highest BCUT2D eigenvalue weighted by molar-refractivity contribution is 7.80. The van der Waals surface area contributed by atoms with Gasteiger partial charge in [-0.1, -0.05) is 35.9 Å². The van der Waals surface area contributed by atoms with E-state index in [4.69, 9.17) is 23.8 Å². The molecule has 33 heavy (non-hydrogen) atoms. The van der Waals surface area contributed by atoms with Gasteiger partial charge in [0.1, 0.15) is 0 Å². The lowest BCUT2D eigenvalue weighted by atomic mass is 10.1. The monoisotopic (exact) mass is 496 g/mol. The first-order valence-corrected chi connectivity index (χ1v) is 11.5. The zero-order chi connectivity index (χ0) is 23.6. The second-order valence-corrected chi connectivity index (χ2v) is 8.89. The van der Waals surface area contributed by atoms with Crippen LogP contribution in [0.1, 0.15) is 47.7 Å². The molecule has 1 aliphatic rings. The van der Waals surface area contributed by atoms with Crippen molar-refractivity contribution in [3.8, 4) is 0 Å². The average Bonchev–Trinajstić information content (AvgIpc) is 3.39. The molecule has 0 bridgehead atoms. The van der Waals surface area contributed by atoms with Gasteiger partial charge in [0.25, 0.3) is 0 Å². The van der Waals surface area contributed by atoms with Crippen molar-refractivity contribution in [3.63, 3.8) is 0 Å². The van der Waals surface area contributed by atoms with E-state index in [0.29, 0.717) is 42.7 Å². The van der Waals surface area contributed by atoms with Crippen molar-refractivity contribution in [2.45, 2.75) is 51.4 Å². The third-order valence-corrected chi connectivity index (χ3v) is 6.09. The first-order valence-electron chi connectivity index (χ1n) is 10.7. The number of aryl methyl sites for hydroxylation is 2. The van der Waals surface area contributed by atoms with Gasteiger partial charge >= 0.3 is 6.18 Å². The summed E-state index contributed by atoms with van der Waals surface area (Å²) in [6.07, 6.45) is -0.468. The molecular weight excluding hydrogens is 473 g/mol. The van der Waals surface area contributed by atoms with E-state index >= 15 is 0 Å². The van der Waals surface area contributed by atoms with Gasteiger partial charge in [-0.05, 0) is 49.5 Å². The molecule has 1 fully saturated rings. The number of thiocarbonyl (C=S) groups is 1. The average molecular weight is 497 g/mol. The Bertz CT molecular complexity index is 1140. The molecule has 0 atom stereocenters. The topological polar surface area (TPSA) is 59.7 Å². The van der Waals surface area contributed by atoms with Gasteiger partial charge in [0.05, 0.1) is 17.3 Å². The van der Waals surface area contributed by atoms with E-state index in [2.05, 4.69) is 39.9 Å². The standard InChI is InChI=1S/C22H24ClF3N6S/c1-14-5-2-3-6-16(14)13-31-12-9-17(29-31)28-21(33)27-10-4-11-32-19(15-7-8-15)18(23)20(30-32)22(24,25)26/h2-3,5-6,9,12,15H,4,7-8,10-11,13H2,1H3,(H2,27,28,29,33). The lowest BCUT2D eigenvalue weighted by Gasteiger charge is -2.10. The van der Waals surface area contributed by atoms with Gasteiger partial charge in [0, 0.05) is 31.3 Å². The number of nitrogens with zero attached hydrogens (tertiary/aromatic N) is 4. The normalized spacial score (nSPS) is 13.8. The smallest absolute Gasteiger partial charge is 0.362 e. The Balaban J connectivity index is 1.26.